The van der Waals surface area contributed by atoms with Gasteiger partial charge in [0.2, 0.25) is 11.7 Å². The number of alkyl halides is 3. The van der Waals surface area contributed by atoms with Crippen molar-refractivity contribution in [3.63, 3.8) is 0 Å². The fourth-order valence-corrected chi connectivity index (χ4v) is 3.05. The van der Waals surface area contributed by atoms with Gasteiger partial charge in [-0.05, 0) is 24.3 Å². The highest BCUT2D eigenvalue weighted by atomic mass is 19.4. The van der Waals surface area contributed by atoms with Crippen LogP contribution in [0.25, 0.3) is 22.8 Å². The number of nitrogens with one attached hydrogen (secondary N) is 1. The molecule has 0 fully saturated rings. The first-order valence-electron chi connectivity index (χ1n) is 9.38. The molecular weight excluding hydrogens is 425 g/mol. The minimum absolute atomic E-state index is 0.0361. The van der Waals surface area contributed by atoms with Crippen LogP contribution in [0.4, 0.5) is 18.9 Å². The first kappa shape index (κ1) is 21.0. The summed E-state index contributed by atoms with van der Waals surface area (Å²) in [6.45, 7) is -0.501. The van der Waals surface area contributed by atoms with E-state index in [9.17, 15) is 22.8 Å². The van der Waals surface area contributed by atoms with Crippen molar-refractivity contribution in [2.24, 2.45) is 0 Å². The van der Waals surface area contributed by atoms with Gasteiger partial charge in [0, 0.05) is 11.8 Å². The number of carbonyl (C=O) groups excluding carboxylic acids is 1. The number of hydrogen-bond acceptors (Lipinski definition) is 5. The molecule has 0 aliphatic heterocycles. The van der Waals surface area contributed by atoms with Crippen molar-refractivity contribution >= 4 is 11.6 Å². The molecule has 2 aromatic heterocycles. The molecular formula is C22H15F3N4O3. The zero-order chi connectivity index (χ0) is 22.7. The fourth-order valence-electron chi connectivity index (χ4n) is 3.05. The van der Waals surface area contributed by atoms with Gasteiger partial charge in [-0.3, -0.25) is 9.59 Å². The van der Waals surface area contributed by atoms with E-state index in [0.717, 1.165) is 16.7 Å². The summed E-state index contributed by atoms with van der Waals surface area (Å²) in [6.07, 6.45) is -3.29. The average Bonchev–Trinajstić information content (AvgIpc) is 3.25. The van der Waals surface area contributed by atoms with Crippen molar-refractivity contribution in [1.82, 2.24) is 14.7 Å². The number of carbonyl (C=O) groups is 1. The molecule has 0 saturated carbocycles. The number of anilines is 1. The fraction of sp³-hybridized carbons (Fsp3) is 0.0909. The molecule has 32 heavy (non-hydrogen) atoms. The Labute approximate surface area is 179 Å². The molecule has 0 bridgehead atoms. The Morgan fingerprint density at radius 3 is 2.47 bits per heavy atom. The number of rotatable bonds is 5. The van der Waals surface area contributed by atoms with E-state index in [-0.39, 0.29) is 17.3 Å². The van der Waals surface area contributed by atoms with Gasteiger partial charge in [0.15, 0.2) is 0 Å². The van der Waals surface area contributed by atoms with Gasteiger partial charge in [-0.15, -0.1) is 0 Å². The van der Waals surface area contributed by atoms with E-state index >= 15 is 0 Å². The van der Waals surface area contributed by atoms with Crippen LogP contribution >= 0.6 is 0 Å². The van der Waals surface area contributed by atoms with Crippen LogP contribution in [0.3, 0.4) is 0 Å². The first-order valence-corrected chi connectivity index (χ1v) is 9.38. The molecule has 0 spiro atoms. The molecule has 0 aliphatic carbocycles. The van der Waals surface area contributed by atoms with Gasteiger partial charge in [-0.25, -0.2) is 0 Å². The van der Waals surface area contributed by atoms with Crippen LogP contribution < -0.4 is 10.9 Å². The molecule has 4 rings (SSSR count). The molecule has 7 nitrogen and oxygen atoms in total. The van der Waals surface area contributed by atoms with Crippen molar-refractivity contribution in [3.8, 4) is 22.8 Å². The van der Waals surface area contributed by atoms with Crippen LogP contribution in [0.2, 0.25) is 0 Å². The molecule has 0 radical (unpaired) electrons. The molecule has 0 saturated heterocycles. The molecule has 0 unspecified atom stereocenters. The summed E-state index contributed by atoms with van der Waals surface area (Å²) in [5.74, 6) is -0.542. The maximum Gasteiger partial charge on any atom is 0.418 e. The third kappa shape index (κ3) is 4.43. The Morgan fingerprint density at radius 1 is 1.00 bits per heavy atom. The highest BCUT2D eigenvalue weighted by Gasteiger charge is 2.33. The number of halogens is 3. The van der Waals surface area contributed by atoms with Crippen LogP contribution in [0.5, 0.6) is 0 Å². The van der Waals surface area contributed by atoms with Gasteiger partial charge in [-0.1, -0.05) is 47.6 Å². The zero-order valence-corrected chi connectivity index (χ0v) is 16.3. The van der Waals surface area contributed by atoms with E-state index in [2.05, 4.69) is 15.5 Å². The van der Waals surface area contributed by atoms with Crippen molar-refractivity contribution in [3.05, 3.63) is 88.8 Å². The second-order valence-electron chi connectivity index (χ2n) is 6.74. The van der Waals surface area contributed by atoms with Gasteiger partial charge in [-0.2, -0.15) is 18.2 Å². The van der Waals surface area contributed by atoms with Crippen LogP contribution in [0.15, 0.2) is 82.2 Å². The molecule has 4 aromatic rings. The number of nitrogens with zero attached hydrogens (tertiary/aromatic N) is 3. The van der Waals surface area contributed by atoms with Crippen LogP contribution in [-0.4, -0.2) is 20.6 Å². The number of benzene rings is 2. The lowest BCUT2D eigenvalue weighted by Crippen LogP contribution is -2.28. The summed E-state index contributed by atoms with van der Waals surface area (Å²) in [5.41, 5.74) is -1.21. The van der Waals surface area contributed by atoms with Crippen molar-refractivity contribution in [2.45, 2.75) is 12.7 Å². The van der Waals surface area contributed by atoms with E-state index in [1.807, 2.05) is 6.07 Å². The molecule has 10 heteroatoms. The molecule has 0 atom stereocenters. The Hall–Kier alpha value is -4.21. The quantitative estimate of drug-likeness (QED) is 0.502. The molecule has 2 aromatic carbocycles. The van der Waals surface area contributed by atoms with Crippen molar-refractivity contribution < 1.29 is 22.5 Å². The highest BCUT2D eigenvalue weighted by molar-refractivity contribution is 5.91. The minimum Gasteiger partial charge on any atom is -0.333 e. The second-order valence-corrected chi connectivity index (χ2v) is 6.74. The summed E-state index contributed by atoms with van der Waals surface area (Å²) in [7, 11) is 0. The Kier molecular flexibility index (Phi) is 5.59. The maximum absolute atomic E-state index is 13.1. The monoisotopic (exact) mass is 440 g/mol. The Bertz CT molecular complexity index is 1310. The zero-order valence-electron chi connectivity index (χ0n) is 16.3. The second kappa shape index (κ2) is 8.50. The lowest BCUT2D eigenvalue weighted by atomic mass is 10.1. The number of para-hydroxylation sites is 1. The third-order valence-corrected chi connectivity index (χ3v) is 4.53. The predicted molar refractivity (Wildman–Crippen MR) is 110 cm³/mol. The number of amides is 1. The number of aromatic nitrogens is 3. The molecule has 0 aliphatic rings. The summed E-state index contributed by atoms with van der Waals surface area (Å²) >= 11 is 0. The lowest BCUT2D eigenvalue weighted by molar-refractivity contribution is -0.137. The van der Waals surface area contributed by atoms with E-state index in [0.29, 0.717) is 5.56 Å². The maximum atomic E-state index is 13.1. The van der Waals surface area contributed by atoms with Crippen molar-refractivity contribution in [1.29, 1.82) is 0 Å². The van der Waals surface area contributed by atoms with Crippen LogP contribution in [0, 0.1) is 0 Å². The summed E-state index contributed by atoms with van der Waals surface area (Å²) < 4.78 is 45.6. The first-order chi connectivity index (χ1) is 15.3. The average molecular weight is 440 g/mol. The molecule has 162 valence electrons. The van der Waals surface area contributed by atoms with E-state index in [4.69, 9.17) is 4.52 Å². The van der Waals surface area contributed by atoms with E-state index in [1.54, 1.807) is 24.3 Å². The molecule has 1 amide bonds. The third-order valence-electron chi connectivity index (χ3n) is 4.53. The Morgan fingerprint density at radius 2 is 1.72 bits per heavy atom. The number of hydrogen-bond donors (Lipinski definition) is 1. The SMILES string of the molecule is O=C(Cn1cccc(-c2nc(-c3ccccc3)no2)c1=O)Nc1ccccc1C(F)(F)F. The van der Waals surface area contributed by atoms with Gasteiger partial charge in [0.25, 0.3) is 11.4 Å². The summed E-state index contributed by atoms with van der Waals surface area (Å²) in [5, 5.41) is 6.07. The van der Waals surface area contributed by atoms with Crippen molar-refractivity contribution in [2.75, 3.05) is 5.32 Å². The highest BCUT2D eigenvalue weighted by Crippen LogP contribution is 2.34. The summed E-state index contributed by atoms with van der Waals surface area (Å²) in [4.78, 5) is 29.4. The predicted octanol–water partition coefficient (Wildman–Crippen LogP) is 4.22. The van der Waals surface area contributed by atoms with Gasteiger partial charge < -0.3 is 14.4 Å². The standard InChI is InChI=1S/C22H15F3N4O3/c23-22(24,25)16-10-4-5-11-17(16)26-18(30)13-29-12-6-9-15(21(29)31)20-27-19(28-32-20)14-7-2-1-3-8-14/h1-12H,13H2,(H,26,30). The Balaban J connectivity index is 1.56. The van der Waals surface area contributed by atoms with E-state index in [1.165, 1.54) is 30.5 Å². The lowest BCUT2D eigenvalue weighted by Gasteiger charge is -2.14. The van der Waals surface area contributed by atoms with Gasteiger partial charge in [0.1, 0.15) is 12.1 Å². The molecule has 2 heterocycles. The normalized spacial score (nSPS) is 11.3. The largest absolute Gasteiger partial charge is 0.418 e. The van der Waals surface area contributed by atoms with E-state index < -0.39 is 35.4 Å². The molecule has 1 N–H and O–H groups in total. The van der Waals surface area contributed by atoms with Gasteiger partial charge >= 0.3 is 6.18 Å². The topological polar surface area (TPSA) is 90.0 Å². The minimum atomic E-state index is -4.63. The van der Waals surface area contributed by atoms with Crippen LogP contribution in [-0.2, 0) is 17.5 Å². The van der Waals surface area contributed by atoms with Gasteiger partial charge in [0.05, 0.1) is 11.3 Å². The van der Waals surface area contributed by atoms with Crippen LogP contribution in [0.1, 0.15) is 5.56 Å². The number of pyridine rings is 1. The summed E-state index contributed by atoms with van der Waals surface area (Å²) in [6, 6.07) is 16.6. The smallest absolute Gasteiger partial charge is 0.333 e.